The summed E-state index contributed by atoms with van der Waals surface area (Å²) in [4.78, 5) is 0. The van der Waals surface area contributed by atoms with Crippen LogP contribution in [0.1, 0.15) is 49.3 Å². The van der Waals surface area contributed by atoms with Crippen molar-refractivity contribution in [1.82, 2.24) is 0 Å². The van der Waals surface area contributed by atoms with E-state index < -0.39 is 0 Å². The van der Waals surface area contributed by atoms with E-state index in [9.17, 15) is 4.39 Å². The first-order valence-electron chi connectivity index (χ1n) is 9.86. The molecule has 0 spiro atoms. The Kier molecular flexibility index (Phi) is 5.31. The molecule has 138 valence electrons. The van der Waals surface area contributed by atoms with Crippen molar-refractivity contribution in [2.45, 2.75) is 45.4 Å². The molecule has 0 aromatic heterocycles. The molecule has 3 aromatic carbocycles. The lowest BCUT2D eigenvalue weighted by Crippen LogP contribution is -1.89. The molecule has 0 saturated carbocycles. The van der Waals surface area contributed by atoms with Gasteiger partial charge in [-0.3, -0.25) is 0 Å². The summed E-state index contributed by atoms with van der Waals surface area (Å²) in [5.41, 5.74) is 7.67. The van der Waals surface area contributed by atoms with Gasteiger partial charge >= 0.3 is 0 Å². The van der Waals surface area contributed by atoms with Gasteiger partial charge in [0.05, 0.1) is 0 Å². The summed E-state index contributed by atoms with van der Waals surface area (Å²) >= 11 is 5.97. The van der Waals surface area contributed by atoms with Gasteiger partial charge in [-0.15, -0.1) is 0 Å². The molecular weight excluding hydrogens is 355 g/mol. The highest BCUT2D eigenvalue weighted by molar-refractivity contribution is 6.30. The maximum atomic E-state index is 14.8. The molecule has 3 aromatic rings. The molecule has 27 heavy (non-hydrogen) atoms. The third-order valence-electron chi connectivity index (χ3n) is 5.51. The quantitative estimate of drug-likeness (QED) is 0.300. The number of hydrogen-bond donors (Lipinski definition) is 0. The highest BCUT2D eigenvalue weighted by atomic mass is 35.5. The topological polar surface area (TPSA) is 0 Å². The van der Waals surface area contributed by atoms with Crippen LogP contribution in [0.3, 0.4) is 0 Å². The van der Waals surface area contributed by atoms with E-state index in [1.54, 1.807) is 6.07 Å². The number of unbranched alkanes of at least 4 members (excludes halogenated alkanes) is 3. The molecule has 0 heterocycles. The van der Waals surface area contributed by atoms with E-state index in [1.807, 2.05) is 30.3 Å². The van der Waals surface area contributed by atoms with E-state index in [0.717, 1.165) is 24.0 Å². The molecule has 0 radical (unpaired) electrons. The molecule has 0 fully saturated rings. The molecule has 0 amide bonds. The van der Waals surface area contributed by atoms with E-state index in [0.29, 0.717) is 10.6 Å². The fourth-order valence-corrected chi connectivity index (χ4v) is 4.16. The first-order chi connectivity index (χ1) is 13.2. The van der Waals surface area contributed by atoms with Gasteiger partial charge in [0.25, 0.3) is 0 Å². The second kappa shape index (κ2) is 7.86. The average molecular weight is 379 g/mol. The number of halogens is 2. The third kappa shape index (κ3) is 3.80. The molecule has 0 aliphatic heterocycles. The number of hydrogen-bond acceptors (Lipinski definition) is 0. The molecule has 0 N–H and O–H groups in total. The van der Waals surface area contributed by atoms with Gasteiger partial charge in [0.1, 0.15) is 5.82 Å². The summed E-state index contributed by atoms with van der Waals surface area (Å²) in [6, 6.07) is 17.8. The first-order valence-corrected chi connectivity index (χ1v) is 10.2. The fourth-order valence-electron chi connectivity index (χ4n) is 4.04. The Balaban J connectivity index is 1.60. The Labute approximate surface area is 166 Å². The zero-order valence-electron chi connectivity index (χ0n) is 15.7. The summed E-state index contributed by atoms with van der Waals surface area (Å²) in [5, 5.41) is 0.666. The minimum Gasteiger partial charge on any atom is -0.206 e. The van der Waals surface area contributed by atoms with Crippen molar-refractivity contribution >= 4 is 11.6 Å². The van der Waals surface area contributed by atoms with Crippen molar-refractivity contribution in [3.63, 3.8) is 0 Å². The molecule has 0 atom stereocenters. The minimum atomic E-state index is -0.174. The minimum absolute atomic E-state index is 0.174. The monoisotopic (exact) mass is 378 g/mol. The van der Waals surface area contributed by atoms with Crippen molar-refractivity contribution < 1.29 is 4.39 Å². The van der Waals surface area contributed by atoms with Gasteiger partial charge in [-0.05, 0) is 76.9 Å². The summed E-state index contributed by atoms with van der Waals surface area (Å²) < 4.78 is 14.8. The molecule has 4 rings (SSSR count). The normalized spacial score (nSPS) is 12.1. The second-order valence-electron chi connectivity index (χ2n) is 7.48. The standard InChI is InChI=1S/C25H24ClF/c1-2-3-4-5-6-17-7-12-22-19(13-17)14-20-15-24(25(27)16-23(20)22)18-8-10-21(26)11-9-18/h7-13,15-16H,2-6,14H2,1H3. The summed E-state index contributed by atoms with van der Waals surface area (Å²) in [6.07, 6.45) is 7.13. The van der Waals surface area contributed by atoms with Crippen LogP contribution in [0.25, 0.3) is 22.3 Å². The van der Waals surface area contributed by atoms with E-state index in [1.165, 1.54) is 47.9 Å². The summed E-state index contributed by atoms with van der Waals surface area (Å²) in [7, 11) is 0. The molecule has 1 aliphatic rings. The molecule has 1 aliphatic carbocycles. The molecule has 0 unspecified atom stereocenters. The van der Waals surface area contributed by atoms with Crippen molar-refractivity contribution in [1.29, 1.82) is 0 Å². The van der Waals surface area contributed by atoms with Crippen molar-refractivity contribution in [2.24, 2.45) is 0 Å². The van der Waals surface area contributed by atoms with Gasteiger partial charge in [-0.1, -0.05) is 68.1 Å². The Morgan fingerprint density at radius 2 is 1.59 bits per heavy atom. The van der Waals surface area contributed by atoms with Crippen LogP contribution >= 0.6 is 11.6 Å². The lowest BCUT2D eigenvalue weighted by atomic mass is 9.98. The summed E-state index contributed by atoms with van der Waals surface area (Å²) in [5.74, 6) is -0.174. The van der Waals surface area contributed by atoms with Crippen LogP contribution in [-0.4, -0.2) is 0 Å². The predicted molar refractivity (Wildman–Crippen MR) is 113 cm³/mol. The van der Waals surface area contributed by atoms with Crippen LogP contribution in [0, 0.1) is 5.82 Å². The van der Waals surface area contributed by atoms with Crippen molar-refractivity contribution in [2.75, 3.05) is 0 Å². The maximum absolute atomic E-state index is 14.8. The third-order valence-corrected chi connectivity index (χ3v) is 5.76. The van der Waals surface area contributed by atoms with E-state index in [4.69, 9.17) is 11.6 Å². The lowest BCUT2D eigenvalue weighted by Gasteiger charge is -2.08. The average Bonchev–Trinajstić information content (AvgIpc) is 3.02. The molecule has 0 saturated heterocycles. The number of benzene rings is 3. The number of fused-ring (bicyclic) bond motifs is 3. The fraction of sp³-hybridized carbons (Fsp3) is 0.280. The molecule has 0 bridgehead atoms. The predicted octanol–water partition coefficient (Wildman–Crippen LogP) is 7.84. The Morgan fingerprint density at radius 1 is 0.815 bits per heavy atom. The largest absolute Gasteiger partial charge is 0.206 e. The maximum Gasteiger partial charge on any atom is 0.131 e. The van der Waals surface area contributed by atoms with Gasteiger partial charge in [-0.25, -0.2) is 4.39 Å². The zero-order chi connectivity index (χ0) is 18.8. The van der Waals surface area contributed by atoms with Gasteiger partial charge in [0, 0.05) is 10.6 Å². The van der Waals surface area contributed by atoms with Gasteiger partial charge < -0.3 is 0 Å². The van der Waals surface area contributed by atoms with Crippen LogP contribution in [-0.2, 0) is 12.8 Å². The zero-order valence-corrected chi connectivity index (χ0v) is 16.5. The lowest BCUT2D eigenvalue weighted by molar-refractivity contribution is 0.631. The van der Waals surface area contributed by atoms with E-state index >= 15 is 0 Å². The van der Waals surface area contributed by atoms with Gasteiger partial charge in [0.2, 0.25) is 0 Å². The van der Waals surface area contributed by atoms with Gasteiger partial charge in [-0.2, -0.15) is 0 Å². The summed E-state index contributed by atoms with van der Waals surface area (Å²) in [6.45, 7) is 2.24. The number of aryl methyl sites for hydroxylation is 1. The second-order valence-corrected chi connectivity index (χ2v) is 7.91. The number of rotatable bonds is 6. The highest BCUT2D eigenvalue weighted by Gasteiger charge is 2.21. The Bertz CT molecular complexity index is 957. The van der Waals surface area contributed by atoms with E-state index in [-0.39, 0.29) is 5.82 Å². The molecule has 0 nitrogen and oxygen atoms in total. The van der Waals surface area contributed by atoms with Crippen LogP contribution < -0.4 is 0 Å². The van der Waals surface area contributed by atoms with Gasteiger partial charge in [0.15, 0.2) is 0 Å². The smallest absolute Gasteiger partial charge is 0.131 e. The van der Waals surface area contributed by atoms with Crippen LogP contribution in [0.2, 0.25) is 5.02 Å². The first kappa shape index (κ1) is 18.3. The highest BCUT2D eigenvalue weighted by Crippen LogP contribution is 2.40. The van der Waals surface area contributed by atoms with Crippen molar-refractivity contribution in [3.05, 3.63) is 82.1 Å². The molecular formula is C25H24ClF. The van der Waals surface area contributed by atoms with Crippen LogP contribution in [0.4, 0.5) is 4.39 Å². The van der Waals surface area contributed by atoms with E-state index in [2.05, 4.69) is 25.1 Å². The van der Waals surface area contributed by atoms with Crippen LogP contribution in [0.15, 0.2) is 54.6 Å². The Morgan fingerprint density at radius 3 is 2.37 bits per heavy atom. The molecule has 2 heteroatoms. The SMILES string of the molecule is CCCCCCc1ccc2c(c1)Cc1cc(-c3ccc(Cl)cc3)c(F)cc1-2. The Hall–Kier alpha value is -2.12. The van der Waals surface area contributed by atoms with Crippen LogP contribution in [0.5, 0.6) is 0 Å². The van der Waals surface area contributed by atoms with Crippen molar-refractivity contribution in [3.8, 4) is 22.3 Å².